The summed E-state index contributed by atoms with van der Waals surface area (Å²) in [6, 6.07) is 0. The van der Waals surface area contributed by atoms with Gasteiger partial charge in [-0.2, -0.15) is 0 Å². The molecule has 0 saturated heterocycles. The van der Waals surface area contributed by atoms with Crippen LogP contribution in [0.2, 0.25) is 0 Å². The zero-order valence-electron chi connectivity index (χ0n) is 8.38. The van der Waals surface area contributed by atoms with Crippen LogP contribution < -0.4 is 5.73 Å². The van der Waals surface area contributed by atoms with E-state index in [1.165, 1.54) is 6.08 Å². The fourth-order valence-corrected chi connectivity index (χ4v) is 1.64. The molecule has 0 heterocycles. The Morgan fingerprint density at radius 1 is 1.73 bits per heavy atom. The normalized spacial score (nSPS) is 29.9. The molecule has 0 aromatic carbocycles. The molecule has 1 fully saturated rings. The Hall–Kier alpha value is -0.970. The number of hydrogen-bond acceptors (Lipinski definition) is 2. The molecule has 0 amide bonds. The first kappa shape index (κ1) is 12.1. The number of aliphatic carboxylic acids is 1. The molecule has 1 aliphatic carbocycles. The molecular weight excluding hydrogens is 204 g/mol. The first-order chi connectivity index (χ1) is 6.82. The molecule has 1 aliphatic rings. The summed E-state index contributed by atoms with van der Waals surface area (Å²) in [5.74, 6) is -4.63. The van der Waals surface area contributed by atoms with E-state index < -0.39 is 29.8 Å². The quantitative estimate of drug-likeness (QED) is 0.669. The van der Waals surface area contributed by atoms with Crippen LogP contribution in [-0.2, 0) is 4.79 Å². The zero-order valence-corrected chi connectivity index (χ0v) is 8.38. The van der Waals surface area contributed by atoms with E-state index in [-0.39, 0.29) is 19.3 Å². The lowest BCUT2D eigenvalue weighted by molar-refractivity contribution is -0.140. The second kappa shape index (κ2) is 3.89. The van der Waals surface area contributed by atoms with Gasteiger partial charge in [0, 0.05) is 12.8 Å². The third-order valence-corrected chi connectivity index (χ3v) is 2.81. The smallest absolute Gasteiger partial charge is 0.323 e. The standard InChI is InChI=1S/C10H15F2NO2/c1-2-3-4-9(11,12)5-7-6-10(7,13)8(14)15/h2,7H,1,3-6,13H2,(H,14,15). The molecule has 0 aromatic heterocycles. The van der Waals surface area contributed by atoms with E-state index >= 15 is 0 Å². The number of rotatable bonds is 6. The Labute approximate surface area is 87.0 Å². The maximum Gasteiger partial charge on any atom is 0.323 e. The Bertz CT molecular complexity index is 281. The van der Waals surface area contributed by atoms with Crippen LogP contribution in [0.3, 0.4) is 0 Å². The number of allylic oxidation sites excluding steroid dienone is 1. The number of carboxylic acids is 1. The molecule has 1 saturated carbocycles. The third-order valence-electron chi connectivity index (χ3n) is 2.81. The summed E-state index contributed by atoms with van der Waals surface area (Å²) in [6.07, 6.45) is 1.07. The number of carbonyl (C=O) groups is 1. The maximum absolute atomic E-state index is 13.2. The lowest BCUT2D eigenvalue weighted by Gasteiger charge is -2.16. The predicted octanol–water partition coefficient (Wildman–Crippen LogP) is 1.78. The number of carboxylic acid groups (broad SMARTS) is 1. The van der Waals surface area contributed by atoms with Crippen molar-refractivity contribution in [1.82, 2.24) is 0 Å². The van der Waals surface area contributed by atoms with E-state index in [1.807, 2.05) is 0 Å². The average molecular weight is 219 g/mol. The molecule has 1 rings (SSSR count). The van der Waals surface area contributed by atoms with Gasteiger partial charge in [-0.1, -0.05) is 6.08 Å². The van der Waals surface area contributed by atoms with Gasteiger partial charge in [-0.15, -0.1) is 6.58 Å². The van der Waals surface area contributed by atoms with E-state index in [9.17, 15) is 13.6 Å². The largest absolute Gasteiger partial charge is 0.480 e. The highest BCUT2D eigenvalue weighted by molar-refractivity contribution is 5.82. The van der Waals surface area contributed by atoms with Gasteiger partial charge in [0.1, 0.15) is 5.54 Å². The molecule has 2 atom stereocenters. The predicted molar refractivity (Wildman–Crippen MR) is 51.7 cm³/mol. The molecule has 0 radical (unpaired) electrons. The Morgan fingerprint density at radius 3 is 2.73 bits per heavy atom. The summed E-state index contributed by atoms with van der Waals surface area (Å²) < 4.78 is 26.4. The van der Waals surface area contributed by atoms with Gasteiger partial charge in [-0.05, 0) is 18.8 Å². The van der Waals surface area contributed by atoms with E-state index in [0.29, 0.717) is 0 Å². The first-order valence-electron chi connectivity index (χ1n) is 4.83. The summed E-state index contributed by atoms with van der Waals surface area (Å²) in [4.78, 5) is 10.6. The molecule has 3 nitrogen and oxygen atoms in total. The Balaban J connectivity index is 2.44. The SMILES string of the molecule is C=CCCC(F)(F)CC1CC1(N)C(=O)O. The molecule has 0 aliphatic heterocycles. The average Bonchev–Trinajstić information content (AvgIpc) is 2.74. The lowest BCUT2D eigenvalue weighted by atomic mass is 10.0. The van der Waals surface area contributed by atoms with Crippen molar-refractivity contribution in [3.05, 3.63) is 12.7 Å². The minimum absolute atomic E-state index is 0.145. The van der Waals surface area contributed by atoms with Crippen molar-refractivity contribution in [2.45, 2.75) is 37.1 Å². The van der Waals surface area contributed by atoms with Crippen molar-refractivity contribution in [2.24, 2.45) is 11.7 Å². The van der Waals surface area contributed by atoms with Crippen LogP contribution in [0.15, 0.2) is 12.7 Å². The highest BCUT2D eigenvalue weighted by Gasteiger charge is 2.60. The van der Waals surface area contributed by atoms with E-state index in [4.69, 9.17) is 10.8 Å². The van der Waals surface area contributed by atoms with Gasteiger partial charge >= 0.3 is 5.97 Å². The summed E-state index contributed by atoms with van der Waals surface area (Å²) in [5, 5.41) is 8.67. The van der Waals surface area contributed by atoms with Gasteiger partial charge in [-0.3, -0.25) is 4.79 Å². The molecule has 2 unspecified atom stereocenters. The fourth-order valence-electron chi connectivity index (χ4n) is 1.64. The van der Waals surface area contributed by atoms with Crippen LogP contribution in [0.5, 0.6) is 0 Å². The van der Waals surface area contributed by atoms with Crippen LogP contribution in [0.25, 0.3) is 0 Å². The van der Waals surface area contributed by atoms with E-state index in [2.05, 4.69) is 6.58 Å². The van der Waals surface area contributed by atoms with Gasteiger partial charge in [-0.25, -0.2) is 8.78 Å². The highest BCUT2D eigenvalue weighted by Crippen LogP contribution is 2.48. The fraction of sp³-hybridized carbons (Fsp3) is 0.700. The number of nitrogens with two attached hydrogens (primary N) is 1. The van der Waals surface area contributed by atoms with Gasteiger partial charge in [0.25, 0.3) is 0 Å². The summed E-state index contributed by atoms with van der Waals surface area (Å²) >= 11 is 0. The van der Waals surface area contributed by atoms with Gasteiger partial charge in [0.2, 0.25) is 5.92 Å². The van der Waals surface area contributed by atoms with Crippen molar-refractivity contribution in [1.29, 1.82) is 0 Å². The van der Waals surface area contributed by atoms with Crippen LogP contribution in [0, 0.1) is 5.92 Å². The topological polar surface area (TPSA) is 63.3 Å². The lowest BCUT2D eigenvalue weighted by Crippen LogP contribution is -2.36. The Kier molecular flexibility index (Phi) is 3.13. The number of alkyl halides is 2. The van der Waals surface area contributed by atoms with Crippen molar-refractivity contribution >= 4 is 5.97 Å². The van der Waals surface area contributed by atoms with E-state index in [1.54, 1.807) is 0 Å². The van der Waals surface area contributed by atoms with Gasteiger partial charge < -0.3 is 10.8 Å². The van der Waals surface area contributed by atoms with Crippen LogP contribution in [0.4, 0.5) is 8.78 Å². The van der Waals surface area contributed by atoms with Crippen molar-refractivity contribution < 1.29 is 18.7 Å². The first-order valence-corrected chi connectivity index (χ1v) is 4.83. The summed E-state index contributed by atoms with van der Waals surface area (Å²) in [5.41, 5.74) is 4.00. The molecule has 3 N–H and O–H groups in total. The molecule has 5 heteroatoms. The Morgan fingerprint density at radius 2 is 2.33 bits per heavy atom. The van der Waals surface area contributed by atoms with Crippen molar-refractivity contribution in [3.63, 3.8) is 0 Å². The minimum Gasteiger partial charge on any atom is -0.480 e. The molecular formula is C10H15F2NO2. The highest BCUT2D eigenvalue weighted by atomic mass is 19.3. The van der Waals surface area contributed by atoms with Crippen LogP contribution >= 0.6 is 0 Å². The molecule has 0 spiro atoms. The van der Waals surface area contributed by atoms with Gasteiger partial charge in [0.15, 0.2) is 0 Å². The monoisotopic (exact) mass is 219 g/mol. The second-order valence-corrected chi connectivity index (χ2v) is 4.13. The molecule has 0 bridgehead atoms. The van der Waals surface area contributed by atoms with Crippen LogP contribution in [0.1, 0.15) is 25.7 Å². The minimum atomic E-state index is -2.84. The molecule has 15 heavy (non-hydrogen) atoms. The third kappa shape index (κ3) is 2.75. The summed E-state index contributed by atoms with van der Waals surface area (Å²) in [6.45, 7) is 3.36. The number of halogens is 2. The number of hydrogen-bond donors (Lipinski definition) is 2. The van der Waals surface area contributed by atoms with Gasteiger partial charge in [0.05, 0.1) is 0 Å². The molecule has 0 aromatic rings. The maximum atomic E-state index is 13.2. The van der Waals surface area contributed by atoms with Crippen LogP contribution in [-0.4, -0.2) is 22.5 Å². The zero-order chi connectivity index (χ0) is 11.7. The summed E-state index contributed by atoms with van der Waals surface area (Å²) in [7, 11) is 0. The molecule has 86 valence electrons. The van der Waals surface area contributed by atoms with E-state index in [0.717, 1.165) is 0 Å². The second-order valence-electron chi connectivity index (χ2n) is 4.13. The van der Waals surface area contributed by atoms with Crippen molar-refractivity contribution in [2.75, 3.05) is 0 Å². The van der Waals surface area contributed by atoms with Crippen molar-refractivity contribution in [3.8, 4) is 0 Å².